The minimum Gasteiger partial charge on any atom is -0.208 e. The fourth-order valence-electron chi connectivity index (χ4n) is 2.97. The van der Waals surface area contributed by atoms with Crippen molar-refractivity contribution in [1.29, 1.82) is 0 Å². The van der Waals surface area contributed by atoms with Gasteiger partial charge in [0.15, 0.2) is 0 Å². The molecule has 112 valence electrons. The third-order valence-electron chi connectivity index (χ3n) is 4.38. The molecule has 0 aliphatic heterocycles. The standard InChI is InChI=1S/C16H25NO2S/c1-4-14-7-9-15(10-8-14)17-20(18,19)16-11-12(2)5-6-13(16)3/h5-6,11,14-15,17H,4,7-10H2,1-3H3. The Labute approximate surface area is 122 Å². The Hall–Kier alpha value is -0.870. The van der Waals surface area contributed by atoms with Crippen LogP contribution in [-0.2, 0) is 10.0 Å². The molecule has 2 rings (SSSR count). The molecule has 1 fully saturated rings. The highest BCUT2D eigenvalue weighted by atomic mass is 32.2. The predicted molar refractivity (Wildman–Crippen MR) is 82.3 cm³/mol. The summed E-state index contributed by atoms with van der Waals surface area (Å²) in [5, 5.41) is 0. The van der Waals surface area contributed by atoms with Gasteiger partial charge in [0.05, 0.1) is 4.90 Å². The molecule has 0 bridgehead atoms. The Bertz CT molecular complexity index is 558. The van der Waals surface area contributed by atoms with Crippen molar-refractivity contribution in [2.75, 3.05) is 0 Å². The van der Waals surface area contributed by atoms with Gasteiger partial charge in [-0.3, -0.25) is 0 Å². The van der Waals surface area contributed by atoms with E-state index in [0.29, 0.717) is 4.90 Å². The zero-order valence-corrected chi connectivity index (χ0v) is 13.5. The molecule has 4 heteroatoms. The molecule has 0 atom stereocenters. The van der Waals surface area contributed by atoms with Crippen molar-refractivity contribution in [3.05, 3.63) is 29.3 Å². The fraction of sp³-hybridized carbons (Fsp3) is 0.625. The lowest BCUT2D eigenvalue weighted by molar-refractivity contribution is 0.306. The molecule has 0 aromatic heterocycles. The molecule has 0 heterocycles. The summed E-state index contributed by atoms with van der Waals surface area (Å²) < 4.78 is 27.9. The van der Waals surface area contributed by atoms with Crippen molar-refractivity contribution >= 4 is 10.0 Å². The summed E-state index contributed by atoms with van der Waals surface area (Å²) in [7, 11) is -3.39. The van der Waals surface area contributed by atoms with Gasteiger partial charge in [0.25, 0.3) is 0 Å². The summed E-state index contributed by atoms with van der Waals surface area (Å²) in [5.41, 5.74) is 1.79. The van der Waals surface area contributed by atoms with Crippen molar-refractivity contribution in [3.63, 3.8) is 0 Å². The number of sulfonamides is 1. The first kappa shape index (κ1) is 15.5. The number of rotatable bonds is 4. The van der Waals surface area contributed by atoms with Crippen LogP contribution in [0.1, 0.15) is 50.2 Å². The summed E-state index contributed by atoms with van der Waals surface area (Å²) in [6, 6.07) is 5.68. The third-order valence-corrected chi connectivity index (χ3v) is 6.04. The van der Waals surface area contributed by atoms with Gasteiger partial charge in [-0.15, -0.1) is 0 Å². The van der Waals surface area contributed by atoms with Crippen molar-refractivity contribution in [2.45, 2.75) is 63.8 Å². The largest absolute Gasteiger partial charge is 0.241 e. The van der Waals surface area contributed by atoms with Gasteiger partial charge in [-0.05, 0) is 62.6 Å². The average molecular weight is 295 g/mol. The van der Waals surface area contributed by atoms with Crippen molar-refractivity contribution in [3.8, 4) is 0 Å². The van der Waals surface area contributed by atoms with E-state index in [0.717, 1.165) is 42.7 Å². The molecular weight excluding hydrogens is 270 g/mol. The lowest BCUT2D eigenvalue weighted by atomic mass is 9.85. The van der Waals surface area contributed by atoms with Crippen LogP contribution in [0.3, 0.4) is 0 Å². The van der Waals surface area contributed by atoms with Crippen LogP contribution in [0.5, 0.6) is 0 Å². The highest BCUT2D eigenvalue weighted by molar-refractivity contribution is 7.89. The molecule has 0 saturated heterocycles. The second kappa shape index (κ2) is 6.27. The van der Waals surface area contributed by atoms with Gasteiger partial charge in [0, 0.05) is 6.04 Å². The Morgan fingerprint density at radius 3 is 2.40 bits per heavy atom. The average Bonchev–Trinajstić information content (AvgIpc) is 2.42. The van der Waals surface area contributed by atoms with Gasteiger partial charge in [0.1, 0.15) is 0 Å². The van der Waals surface area contributed by atoms with Crippen LogP contribution in [0.2, 0.25) is 0 Å². The van der Waals surface area contributed by atoms with E-state index >= 15 is 0 Å². The van der Waals surface area contributed by atoms with Gasteiger partial charge in [-0.25, -0.2) is 13.1 Å². The Kier molecular flexibility index (Phi) is 4.86. The van der Waals surface area contributed by atoms with Crippen LogP contribution in [0.4, 0.5) is 0 Å². The highest BCUT2D eigenvalue weighted by Gasteiger charge is 2.25. The van der Waals surface area contributed by atoms with E-state index < -0.39 is 10.0 Å². The summed E-state index contributed by atoms with van der Waals surface area (Å²) in [6.45, 7) is 5.98. The van der Waals surface area contributed by atoms with E-state index in [2.05, 4.69) is 11.6 Å². The molecule has 0 radical (unpaired) electrons. The molecule has 3 nitrogen and oxygen atoms in total. The lowest BCUT2D eigenvalue weighted by Gasteiger charge is -2.28. The van der Waals surface area contributed by atoms with Crippen LogP contribution in [0.15, 0.2) is 23.1 Å². The molecule has 0 spiro atoms. The van der Waals surface area contributed by atoms with Gasteiger partial charge in [-0.2, -0.15) is 0 Å². The van der Waals surface area contributed by atoms with Gasteiger partial charge < -0.3 is 0 Å². The van der Waals surface area contributed by atoms with Crippen molar-refractivity contribution in [1.82, 2.24) is 4.72 Å². The number of aryl methyl sites for hydroxylation is 2. The van der Waals surface area contributed by atoms with E-state index in [4.69, 9.17) is 0 Å². The maximum Gasteiger partial charge on any atom is 0.241 e. The number of hydrogen-bond acceptors (Lipinski definition) is 2. The molecule has 1 saturated carbocycles. The summed E-state index contributed by atoms with van der Waals surface area (Å²) in [6.07, 6.45) is 5.40. The minimum absolute atomic E-state index is 0.0997. The van der Waals surface area contributed by atoms with Crippen molar-refractivity contribution in [2.24, 2.45) is 5.92 Å². The topological polar surface area (TPSA) is 46.2 Å². The van der Waals surface area contributed by atoms with E-state index in [1.165, 1.54) is 6.42 Å². The second-order valence-electron chi connectivity index (χ2n) is 6.02. The molecule has 1 aliphatic carbocycles. The summed E-state index contributed by atoms with van der Waals surface area (Å²) >= 11 is 0. The normalized spacial score (nSPS) is 23.8. The van der Waals surface area contributed by atoms with Crippen LogP contribution < -0.4 is 4.72 Å². The van der Waals surface area contributed by atoms with Gasteiger partial charge >= 0.3 is 0 Å². The van der Waals surface area contributed by atoms with E-state index in [1.807, 2.05) is 26.0 Å². The predicted octanol–water partition coefficient (Wildman–Crippen LogP) is 3.55. The first-order valence-corrected chi connectivity index (χ1v) is 9.00. The lowest BCUT2D eigenvalue weighted by Crippen LogP contribution is -2.37. The van der Waals surface area contributed by atoms with Crippen LogP contribution >= 0.6 is 0 Å². The number of benzene rings is 1. The Balaban J connectivity index is 2.10. The van der Waals surface area contributed by atoms with Crippen LogP contribution in [-0.4, -0.2) is 14.5 Å². The molecule has 0 amide bonds. The molecule has 20 heavy (non-hydrogen) atoms. The SMILES string of the molecule is CCC1CCC(NS(=O)(=O)c2cc(C)ccc2C)CC1. The third kappa shape index (κ3) is 3.61. The van der Waals surface area contributed by atoms with E-state index in [-0.39, 0.29) is 6.04 Å². The van der Waals surface area contributed by atoms with E-state index in [1.54, 1.807) is 6.07 Å². The van der Waals surface area contributed by atoms with Gasteiger partial charge in [-0.1, -0.05) is 25.5 Å². The number of nitrogens with one attached hydrogen (secondary N) is 1. The number of hydrogen-bond donors (Lipinski definition) is 1. The molecule has 1 aromatic rings. The maximum absolute atomic E-state index is 12.5. The maximum atomic E-state index is 12.5. The molecular formula is C16H25NO2S. The zero-order chi connectivity index (χ0) is 14.8. The quantitative estimate of drug-likeness (QED) is 0.923. The smallest absolute Gasteiger partial charge is 0.208 e. The van der Waals surface area contributed by atoms with Crippen molar-refractivity contribution < 1.29 is 8.42 Å². The Morgan fingerprint density at radius 2 is 1.80 bits per heavy atom. The minimum atomic E-state index is -3.39. The highest BCUT2D eigenvalue weighted by Crippen LogP contribution is 2.27. The van der Waals surface area contributed by atoms with E-state index in [9.17, 15) is 8.42 Å². The monoisotopic (exact) mass is 295 g/mol. The first-order valence-electron chi connectivity index (χ1n) is 7.52. The molecule has 1 N–H and O–H groups in total. The van der Waals surface area contributed by atoms with Gasteiger partial charge in [0.2, 0.25) is 10.0 Å². The molecule has 1 aromatic carbocycles. The zero-order valence-electron chi connectivity index (χ0n) is 12.6. The summed E-state index contributed by atoms with van der Waals surface area (Å²) in [4.78, 5) is 0.426. The van der Waals surface area contributed by atoms with Crippen LogP contribution in [0, 0.1) is 19.8 Å². The second-order valence-corrected chi connectivity index (χ2v) is 7.70. The first-order chi connectivity index (χ1) is 9.42. The Morgan fingerprint density at radius 1 is 1.15 bits per heavy atom. The van der Waals surface area contributed by atoms with Crippen LogP contribution in [0.25, 0.3) is 0 Å². The fourth-order valence-corrected chi connectivity index (χ4v) is 4.60. The molecule has 0 unspecified atom stereocenters. The summed E-state index contributed by atoms with van der Waals surface area (Å²) in [5.74, 6) is 0.774. The molecule has 1 aliphatic rings.